The molecule has 0 unspecified atom stereocenters. The van der Waals surface area contributed by atoms with Gasteiger partial charge in [0, 0.05) is 83.0 Å². The number of amides is 4. The van der Waals surface area contributed by atoms with Gasteiger partial charge in [-0.05, 0) is 74.3 Å². The first kappa shape index (κ1) is 37.6. The van der Waals surface area contributed by atoms with Crippen molar-refractivity contribution in [2.75, 3.05) is 57.7 Å². The van der Waals surface area contributed by atoms with Gasteiger partial charge in [-0.1, -0.05) is 30.3 Å². The van der Waals surface area contributed by atoms with Crippen molar-refractivity contribution in [1.29, 1.82) is 0 Å². The summed E-state index contributed by atoms with van der Waals surface area (Å²) in [6, 6.07) is 11.6. The molecule has 4 heterocycles. The number of esters is 1. The van der Waals surface area contributed by atoms with Gasteiger partial charge in [0.25, 0.3) is 0 Å². The van der Waals surface area contributed by atoms with Crippen molar-refractivity contribution in [3.05, 3.63) is 58.7 Å². The zero-order valence-corrected chi connectivity index (χ0v) is 31.0. The molecule has 3 N–H and O–H groups in total. The number of phenols is 1. The Labute approximate surface area is 307 Å². The van der Waals surface area contributed by atoms with Crippen LogP contribution in [-0.2, 0) is 31.9 Å². The van der Waals surface area contributed by atoms with E-state index in [1.54, 1.807) is 4.90 Å². The SMILES string of the molecule is CCOC(=O)CC1CC[N+](C(=O)[C@@H](Cc2cc(C)c(O)c(C)c2)OC(=O)N2CCC(N3CCc4ccccc4NC3=O)CC2)(C2CCNCC2)CC1. The number of quaternary nitrogens is 1. The van der Waals surface area contributed by atoms with Gasteiger partial charge >= 0.3 is 24.0 Å². The van der Waals surface area contributed by atoms with Gasteiger partial charge in [0.05, 0.1) is 25.7 Å². The lowest BCUT2D eigenvalue weighted by Gasteiger charge is -2.48. The van der Waals surface area contributed by atoms with E-state index in [2.05, 4.69) is 10.6 Å². The molecule has 0 aromatic heterocycles. The van der Waals surface area contributed by atoms with Crippen LogP contribution in [0.15, 0.2) is 36.4 Å². The Morgan fingerprint density at radius 3 is 2.31 bits per heavy atom. The Bertz CT molecular complexity index is 1590. The Balaban J connectivity index is 1.18. The summed E-state index contributed by atoms with van der Waals surface area (Å²) in [6.07, 6.45) is 4.12. The van der Waals surface area contributed by atoms with Crippen LogP contribution < -0.4 is 10.6 Å². The first-order valence-electron chi connectivity index (χ1n) is 19.3. The van der Waals surface area contributed by atoms with E-state index in [9.17, 15) is 19.5 Å². The molecule has 12 heteroatoms. The number of rotatable bonds is 9. The second-order valence-corrected chi connectivity index (χ2v) is 15.2. The molecule has 3 saturated heterocycles. The Morgan fingerprint density at radius 2 is 1.63 bits per heavy atom. The average Bonchev–Trinajstić information content (AvgIpc) is 3.32. The fraction of sp³-hybridized carbons (Fsp3) is 0.600. The third-order valence-electron chi connectivity index (χ3n) is 11.9. The largest absolute Gasteiger partial charge is 0.507 e. The molecule has 3 fully saturated rings. The fourth-order valence-electron chi connectivity index (χ4n) is 8.95. The number of likely N-dealkylation sites (tertiary alicyclic amines) is 2. The molecule has 282 valence electrons. The van der Waals surface area contributed by atoms with Crippen molar-refractivity contribution in [2.45, 2.75) is 96.7 Å². The second kappa shape index (κ2) is 16.7. The quantitative estimate of drug-likeness (QED) is 0.242. The summed E-state index contributed by atoms with van der Waals surface area (Å²) in [6.45, 7) is 10.1. The molecule has 12 nitrogen and oxygen atoms in total. The third kappa shape index (κ3) is 8.39. The number of nitrogens with zero attached hydrogens (tertiary/aromatic N) is 3. The van der Waals surface area contributed by atoms with Crippen molar-refractivity contribution in [3.63, 3.8) is 0 Å². The molecule has 4 aliphatic rings. The molecule has 4 amide bonds. The molecule has 2 aromatic rings. The highest BCUT2D eigenvalue weighted by molar-refractivity contribution is 5.91. The lowest BCUT2D eigenvalue weighted by atomic mass is 9.87. The van der Waals surface area contributed by atoms with Gasteiger partial charge < -0.3 is 35.0 Å². The van der Waals surface area contributed by atoms with E-state index >= 15 is 4.79 Å². The Hall–Kier alpha value is -4.16. The summed E-state index contributed by atoms with van der Waals surface area (Å²) >= 11 is 0. The summed E-state index contributed by atoms with van der Waals surface area (Å²) in [5.74, 6) is 0.0742. The maximum Gasteiger partial charge on any atom is 0.410 e. The summed E-state index contributed by atoms with van der Waals surface area (Å²) < 4.78 is 11.8. The number of phenolic OH excluding ortho intramolecular Hbond substituents is 1. The van der Waals surface area contributed by atoms with E-state index in [0.29, 0.717) is 69.7 Å². The van der Waals surface area contributed by atoms with Crippen molar-refractivity contribution in [3.8, 4) is 5.75 Å². The normalized spacial score (nSPS) is 23.6. The van der Waals surface area contributed by atoms with Crippen molar-refractivity contribution in [1.82, 2.24) is 15.1 Å². The van der Waals surface area contributed by atoms with Crippen molar-refractivity contribution >= 4 is 29.7 Å². The number of carbonyl (C=O) groups is 4. The van der Waals surface area contributed by atoms with Crippen LogP contribution in [0.2, 0.25) is 0 Å². The van der Waals surface area contributed by atoms with Crippen molar-refractivity contribution < 1.29 is 38.2 Å². The highest BCUT2D eigenvalue weighted by Gasteiger charge is 2.51. The van der Waals surface area contributed by atoms with Gasteiger partial charge in [-0.3, -0.25) is 9.28 Å². The highest BCUT2D eigenvalue weighted by Crippen LogP contribution is 2.35. The number of hydrogen-bond donors (Lipinski definition) is 3. The van der Waals surface area contributed by atoms with Crippen molar-refractivity contribution in [2.24, 2.45) is 5.92 Å². The second-order valence-electron chi connectivity index (χ2n) is 15.2. The first-order chi connectivity index (χ1) is 25.1. The van der Waals surface area contributed by atoms with Crippen LogP contribution in [0.5, 0.6) is 5.75 Å². The molecule has 1 atom stereocenters. The van der Waals surface area contributed by atoms with Crippen LogP contribution in [0, 0.1) is 19.8 Å². The molecule has 0 aliphatic carbocycles. The van der Waals surface area contributed by atoms with Crippen LogP contribution in [0.1, 0.15) is 74.1 Å². The van der Waals surface area contributed by atoms with E-state index in [-0.39, 0.29) is 52.6 Å². The van der Waals surface area contributed by atoms with Crippen LogP contribution in [-0.4, -0.2) is 114 Å². The molecule has 6 rings (SSSR count). The lowest BCUT2D eigenvalue weighted by Crippen LogP contribution is -2.67. The predicted molar refractivity (Wildman–Crippen MR) is 197 cm³/mol. The zero-order valence-electron chi connectivity index (χ0n) is 31.0. The number of benzene rings is 2. The number of para-hydroxylation sites is 1. The summed E-state index contributed by atoms with van der Waals surface area (Å²) in [5, 5.41) is 17.0. The van der Waals surface area contributed by atoms with E-state index in [0.717, 1.165) is 62.0 Å². The predicted octanol–water partition coefficient (Wildman–Crippen LogP) is 5.07. The molecule has 0 bridgehead atoms. The average molecular weight is 719 g/mol. The van der Waals surface area contributed by atoms with Gasteiger partial charge in [-0.25, -0.2) is 14.4 Å². The topological polar surface area (TPSA) is 138 Å². The third-order valence-corrected chi connectivity index (χ3v) is 11.9. The number of aryl methyl sites for hydroxylation is 2. The van der Waals surface area contributed by atoms with Gasteiger partial charge in [0.15, 0.2) is 0 Å². The van der Waals surface area contributed by atoms with Crippen LogP contribution in [0.3, 0.4) is 0 Å². The molecule has 0 saturated carbocycles. The number of nitrogens with one attached hydrogen (secondary N) is 2. The van der Waals surface area contributed by atoms with Gasteiger partial charge in [0.1, 0.15) is 5.75 Å². The van der Waals surface area contributed by atoms with E-state index in [1.165, 1.54) is 0 Å². The standard InChI is InChI=1S/C40H55N5O7/c1-4-51-36(46)26-29-14-21-45(22-15-29,33-9-16-41-17-10-33)38(48)35(25-30-23-27(2)37(47)28(3)24-30)52-40(50)43-18-12-32(13-19-43)44-20-11-31-7-5-6-8-34(31)42-39(44)49/h5-8,23-24,29,32-33,35,41H,4,9-22,25-26H2,1-3H3,(H-,42,47,49)/p+1/t29?,35-,45?/m1/s1. The number of carbonyl (C=O) groups excluding carboxylic acids is 4. The fourth-order valence-corrected chi connectivity index (χ4v) is 8.95. The number of fused-ring (bicyclic) bond motifs is 1. The minimum atomic E-state index is -1.03. The highest BCUT2D eigenvalue weighted by atomic mass is 16.6. The summed E-state index contributed by atoms with van der Waals surface area (Å²) in [7, 11) is 0. The summed E-state index contributed by atoms with van der Waals surface area (Å²) in [4.78, 5) is 58.2. The number of piperidine rings is 3. The number of ether oxygens (including phenoxy) is 2. The van der Waals surface area contributed by atoms with Crippen LogP contribution >= 0.6 is 0 Å². The lowest BCUT2D eigenvalue weighted by molar-refractivity contribution is -0.888. The molecule has 4 aliphatic heterocycles. The smallest absolute Gasteiger partial charge is 0.410 e. The van der Waals surface area contributed by atoms with E-state index < -0.39 is 12.2 Å². The Kier molecular flexibility index (Phi) is 12.1. The monoisotopic (exact) mass is 718 g/mol. The van der Waals surface area contributed by atoms with Gasteiger partial charge in [-0.15, -0.1) is 0 Å². The summed E-state index contributed by atoms with van der Waals surface area (Å²) in [5.41, 5.74) is 4.20. The zero-order chi connectivity index (χ0) is 36.8. The number of hydrogen-bond acceptors (Lipinski definition) is 8. The molecular formula is C40H56N5O7+. The maximum absolute atomic E-state index is 15.1. The molecule has 2 aromatic carbocycles. The molecule has 0 radical (unpaired) electrons. The maximum atomic E-state index is 15.1. The van der Waals surface area contributed by atoms with Crippen LogP contribution in [0.25, 0.3) is 0 Å². The number of aromatic hydroxyl groups is 1. The molecule has 52 heavy (non-hydrogen) atoms. The van der Waals surface area contributed by atoms with E-state index in [1.807, 2.05) is 62.1 Å². The Morgan fingerprint density at radius 1 is 0.962 bits per heavy atom. The van der Waals surface area contributed by atoms with Gasteiger partial charge in [-0.2, -0.15) is 0 Å². The minimum Gasteiger partial charge on any atom is -0.507 e. The van der Waals surface area contributed by atoms with E-state index in [4.69, 9.17) is 9.47 Å². The minimum absolute atomic E-state index is 0.0108. The number of urea groups is 1. The molecular weight excluding hydrogens is 662 g/mol. The van der Waals surface area contributed by atoms with Gasteiger partial charge in [0.2, 0.25) is 6.10 Å². The van der Waals surface area contributed by atoms with Crippen LogP contribution in [0.4, 0.5) is 15.3 Å². The molecule has 0 spiro atoms. The number of anilines is 1. The first-order valence-corrected chi connectivity index (χ1v) is 19.3.